The third-order valence-electron chi connectivity index (χ3n) is 2.79. The summed E-state index contributed by atoms with van der Waals surface area (Å²) in [5, 5.41) is 0. The van der Waals surface area contributed by atoms with Gasteiger partial charge in [-0.05, 0) is 31.0 Å². The Labute approximate surface area is 111 Å². The number of hydrogen-bond acceptors (Lipinski definition) is 5. The summed E-state index contributed by atoms with van der Waals surface area (Å²) < 4.78 is 30.1. The molecule has 0 bridgehead atoms. The van der Waals surface area contributed by atoms with Crippen LogP contribution in [0.3, 0.4) is 0 Å². The minimum Gasteiger partial charge on any atom is -0.465 e. The van der Waals surface area contributed by atoms with Gasteiger partial charge in [0.2, 0.25) is 0 Å². The molecule has 1 heterocycles. The molecule has 0 amide bonds. The third kappa shape index (κ3) is 2.94. The van der Waals surface area contributed by atoms with Crippen molar-refractivity contribution in [2.24, 2.45) is 0 Å². The van der Waals surface area contributed by atoms with Crippen LogP contribution in [-0.4, -0.2) is 39.1 Å². The maximum absolute atomic E-state index is 12.3. The Kier molecular flexibility index (Phi) is 4.18. The summed E-state index contributed by atoms with van der Waals surface area (Å²) in [6.45, 7) is 0.709. The minimum absolute atomic E-state index is 0.0253. The van der Waals surface area contributed by atoms with E-state index in [1.165, 1.54) is 31.4 Å². The molecule has 1 aromatic rings. The van der Waals surface area contributed by atoms with Crippen LogP contribution in [0, 0.1) is 0 Å². The summed E-state index contributed by atoms with van der Waals surface area (Å²) in [4.78, 5) is 16.6. The zero-order valence-electron chi connectivity index (χ0n) is 10.5. The van der Waals surface area contributed by atoms with Crippen LogP contribution in [0.25, 0.3) is 0 Å². The highest BCUT2D eigenvalue weighted by atomic mass is 32.2. The predicted octanol–water partition coefficient (Wildman–Crippen LogP) is 1.19. The molecule has 7 heteroatoms. The molecule has 19 heavy (non-hydrogen) atoms. The van der Waals surface area contributed by atoms with E-state index in [0.717, 1.165) is 17.3 Å². The molecule has 1 saturated heterocycles. The molecular weight excluding hydrogens is 270 g/mol. The molecule has 104 valence electrons. The largest absolute Gasteiger partial charge is 0.465 e. The molecule has 0 aromatic heterocycles. The molecule has 0 unspecified atom stereocenters. The standard InChI is InChI=1S/C12H15NO5S/c1-17-12(14)10-5-4-6-11(9-10)19(15,16)13-7-2-3-8-18-13/h4-6,9H,2-3,7-8H2,1H3. The van der Waals surface area contributed by atoms with Gasteiger partial charge in [-0.2, -0.15) is 0 Å². The second kappa shape index (κ2) is 5.68. The molecule has 0 atom stereocenters. The van der Waals surface area contributed by atoms with E-state index in [4.69, 9.17) is 4.84 Å². The highest BCUT2D eigenvalue weighted by Crippen LogP contribution is 2.20. The topological polar surface area (TPSA) is 72.9 Å². The highest BCUT2D eigenvalue weighted by Gasteiger charge is 2.27. The average Bonchev–Trinajstić information content (AvgIpc) is 2.47. The fourth-order valence-electron chi connectivity index (χ4n) is 1.78. The lowest BCUT2D eigenvalue weighted by molar-refractivity contribution is -0.108. The van der Waals surface area contributed by atoms with Gasteiger partial charge in [0.1, 0.15) is 0 Å². The number of esters is 1. The number of hydroxylamine groups is 1. The summed E-state index contributed by atoms with van der Waals surface area (Å²) in [5.74, 6) is -0.573. The van der Waals surface area contributed by atoms with Crippen molar-refractivity contribution < 1.29 is 22.8 Å². The van der Waals surface area contributed by atoms with Crippen molar-refractivity contribution in [1.29, 1.82) is 0 Å². The fourth-order valence-corrected chi connectivity index (χ4v) is 3.13. The van der Waals surface area contributed by atoms with Crippen LogP contribution >= 0.6 is 0 Å². The molecule has 2 rings (SSSR count). The van der Waals surface area contributed by atoms with Crippen molar-refractivity contribution in [3.63, 3.8) is 0 Å². The van der Waals surface area contributed by atoms with E-state index < -0.39 is 16.0 Å². The summed E-state index contributed by atoms with van der Waals surface area (Å²) in [5.41, 5.74) is 0.195. The zero-order chi connectivity index (χ0) is 13.9. The molecule has 0 N–H and O–H groups in total. The number of hydrogen-bond donors (Lipinski definition) is 0. The number of methoxy groups -OCH3 is 1. The molecule has 0 saturated carbocycles. The molecule has 6 nitrogen and oxygen atoms in total. The maximum Gasteiger partial charge on any atom is 0.337 e. The van der Waals surface area contributed by atoms with Crippen LogP contribution in [0.5, 0.6) is 0 Å². The minimum atomic E-state index is -3.72. The van der Waals surface area contributed by atoms with Crippen LogP contribution in [-0.2, 0) is 19.6 Å². The monoisotopic (exact) mass is 285 g/mol. The van der Waals surface area contributed by atoms with E-state index in [1.54, 1.807) is 0 Å². The Morgan fingerprint density at radius 1 is 1.37 bits per heavy atom. The molecular formula is C12H15NO5S. The smallest absolute Gasteiger partial charge is 0.337 e. The van der Waals surface area contributed by atoms with Gasteiger partial charge in [0.25, 0.3) is 10.0 Å². The quantitative estimate of drug-likeness (QED) is 0.780. The lowest BCUT2D eigenvalue weighted by Crippen LogP contribution is -2.35. The van der Waals surface area contributed by atoms with Crippen molar-refractivity contribution in [2.75, 3.05) is 20.3 Å². The number of carbonyl (C=O) groups excluding carboxylic acids is 1. The predicted molar refractivity (Wildman–Crippen MR) is 66.9 cm³/mol. The summed E-state index contributed by atoms with van der Waals surface area (Å²) >= 11 is 0. The van der Waals surface area contributed by atoms with Crippen molar-refractivity contribution in [2.45, 2.75) is 17.7 Å². The number of nitrogens with zero attached hydrogens (tertiary/aromatic N) is 1. The molecule has 1 aliphatic heterocycles. The Bertz CT molecular complexity index is 563. The van der Waals surface area contributed by atoms with Gasteiger partial charge in [-0.3, -0.25) is 4.84 Å². The van der Waals surface area contributed by atoms with E-state index in [-0.39, 0.29) is 10.5 Å². The summed E-state index contributed by atoms with van der Waals surface area (Å²) in [7, 11) is -2.48. The van der Waals surface area contributed by atoms with E-state index in [9.17, 15) is 13.2 Å². The van der Waals surface area contributed by atoms with Gasteiger partial charge in [0.05, 0.1) is 24.2 Å². The van der Waals surface area contributed by atoms with Gasteiger partial charge in [-0.15, -0.1) is 0 Å². The van der Waals surface area contributed by atoms with Gasteiger partial charge in [-0.1, -0.05) is 10.5 Å². The first-order valence-electron chi connectivity index (χ1n) is 5.90. The van der Waals surface area contributed by atoms with Crippen molar-refractivity contribution in [3.05, 3.63) is 29.8 Å². The van der Waals surface area contributed by atoms with Crippen molar-refractivity contribution in [1.82, 2.24) is 4.47 Å². The summed E-state index contributed by atoms with van der Waals surface area (Å²) in [6.07, 6.45) is 1.60. The third-order valence-corrected chi connectivity index (χ3v) is 4.47. The number of rotatable bonds is 3. The van der Waals surface area contributed by atoms with E-state index in [0.29, 0.717) is 13.2 Å². The fraction of sp³-hybridized carbons (Fsp3) is 0.417. The Morgan fingerprint density at radius 2 is 2.16 bits per heavy atom. The Balaban J connectivity index is 2.32. The second-order valence-corrected chi connectivity index (χ2v) is 5.92. The number of ether oxygens (including phenoxy) is 1. The van der Waals surface area contributed by atoms with Gasteiger partial charge in [-0.25, -0.2) is 13.2 Å². The van der Waals surface area contributed by atoms with E-state index in [1.807, 2.05) is 0 Å². The van der Waals surface area contributed by atoms with Crippen molar-refractivity contribution in [3.8, 4) is 0 Å². The Hall–Kier alpha value is -1.44. The SMILES string of the molecule is COC(=O)c1cccc(S(=O)(=O)N2CCCCO2)c1. The van der Waals surface area contributed by atoms with Crippen LogP contribution in [0.4, 0.5) is 0 Å². The number of carbonyl (C=O) groups is 1. The van der Waals surface area contributed by atoms with Gasteiger partial charge < -0.3 is 4.74 Å². The maximum atomic E-state index is 12.3. The molecule has 0 aliphatic carbocycles. The van der Waals surface area contributed by atoms with Gasteiger partial charge in [0, 0.05) is 6.54 Å². The molecule has 1 aromatic carbocycles. The first kappa shape index (κ1) is 14.0. The lowest BCUT2D eigenvalue weighted by atomic mass is 10.2. The first-order chi connectivity index (χ1) is 9.05. The zero-order valence-corrected chi connectivity index (χ0v) is 11.4. The normalized spacial score (nSPS) is 17.1. The molecule has 1 aliphatic rings. The lowest BCUT2D eigenvalue weighted by Gasteiger charge is -2.25. The number of benzene rings is 1. The number of sulfonamides is 1. The van der Waals surface area contributed by atoms with Crippen LogP contribution in [0.1, 0.15) is 23.2 Å². The van der Waals surface area contributed by atoms with Crippen LogP contribution in [0.15, 0.2) is 29.2 Å². The molecule has 1 fully saturated rings. The van der Waals surface area contributed by atoms with E-state index in [2.05, 4.69) is 4.74 Å². The first-order valence-corrected chi connectivity index (χ1v) is 7.34. The van der Waals surface area contributed by atoms with Gasteiger partial charge >= 0.3 is 5.97 Å². The Morgan fingerprint density at radius 3 is 2.79 bits per heavy atom. The van der Waals surface area contributed by atoms with E-state index >= 15 is 0 Å². The second-order valence-electron chi connectivity index (χ2n) is 4.09. The molecule has 0 spiro atoms. The highest BCUT2D eigenvalue weighted by molar-refractivity contribution is 7.89. The molecule has 0 radical (unpaired) electrons. The van der Waals surface area contributed by atoms with Crippen molar-refractivity contribution >= 4 is 16.0 Å². The van der Waals surface area contributed by atoms with Gasteiger partial charge in [0.15, 0.2) is 0 Å². The average molecular weight is 285 g/mol. The van der Waals surface area contributed by atoms with Crippen LogP contribution in [0.2, 0.25) is 0 Å². The van der Waals surface area contributed by atoms with Crippen LogP contribution < -0.4 is 0 Å². The summed E-state index contributed by atoms with van der Waals surface area (Å²) in [6, 6.07) is 5.73.